The van der Waals surface area contributed by atoms with Crippen molar-refractivity contribution in [1.82, 2.24) is 30.8 Å². The zero-order valence-corrected chi connectivity index (χ0v) is 12.7. The van der Waals surface area contributed by atoms with E-state index in [1.807, 2.05) is 0 Å². The van der Waals surface area contributed by atoms with Gasteiger partial charge in [-0.2, -0.15) is 4.68 Å². The van der Waals surface area contributed by atoms with Crippen molar-refractivity contribution in [1.29, 1.82) is 0 Å². The predicted molar refractivity (Wildman–Crippen MR) is 81.4 cm³/mol. The Kier molecular flexibility index (Phi) is 4.80. The van der Waals surface area contributed by atoms with Crippen LogP contribution in [0.25, 0.3) is 5.69 Å². The molecule has 122 valence electrons. The molecule has 0 aliphatic heterocycles. The number of aromatic nitrogens is 4. The van der Waals surface area contributed by atoms with Gasteiger partial charge in [-0.05, 0) is 47.5 Å². The van der Waals surface area contributed by atoms with Crippen molar-refractivity contribution in [3.05, 3.63) is 35.9 Å². The maximum atomic E-state index is 13.0. The van der Waals surface area contributed by atoms with E-state index in [4.69, 9.17) is 0 Å². The highest BCUT2D eigenvalue weighted by Gasteiger charge is 2.16. The first-order chi connectivity index (χ1) is 11.2. The maximum Gasteiger partial charge on any atom is 0.315 e. The highest BCUT2D eigenvalue weighted by atomic mass is 19.1. The minimum absolute atomic E-state index is 0.197. The Morgan fingerprint density at radius 1 is 1.22 bits per heavy atom. The van der Waals surface area contributed by atoms with Gasteiger partial charge in [0.1, 0.15) is 5.82 Å². The average Bonchev–Trinajstić information content (AvgIpc) is 3.03. The maximum absolute atomic E-state index is 13.0. The van der Waals surface area contributed by atoms with E-state index in [1.54, 1.807) is 12.1 Å². The molecule has 0 atom stereocenters. The summed E-state index contributed by atoms with van der Waals surface area (Å²) in [4.78, 5) is 11.9. The van der Waals surface area contributed by atoms with Gasteiger partial charge >= 0.3 is 6.03 Å². The van der Waals surface area contributed by atoms with Crippen LogP contribution in [-0.4, -0.2) is 32.3 Å². The van der Waals surface area contributed by atoms with Crippen molar-refractivity contribution >= 4 is 6.03 Å². The first-order valence-corrected chi connectivity index (χ1v) is 7.80. The topological polar surface area (TPSA) is 84.7 Å². The van der Waals surface area contributed by atoms with Crippen LogP contribution in [0.15, 0.2) is 24.3 Å². The quantitative estimate of drug-likeness (QED) is 0.902. The zero-order valence-electron chi connectivity index (χ0n) is 12.7. The fourth-order valence-electron chi connectivity index (χ4n) is 2.74. The zero-order chi connectivity index (χ0) is 16.1. The van der Waals surface area contributed by atoms with Crippen LogP contribution in [0.3, 0.4) is 0 Å². The number of hydrogen-bond acceptors (Lipinski definition) is 4. The molecule has 0 unspecified atom stereocenters. The SMILES string of the molecule is O=C(NCc1nnnn1-c1ccc(F)cc1)NC1CCCCC1. The number of nitrogens with zero attached hydrogens (tertiary/aromatic N) is 4. The highest BCUT2D eigenvalue weighted by molar-refractivity contribution is 5.74. The fourth-order valence-corrected chi connectivity index (χ4v) is 2.74. The Labute approximate surface area is 133 Å². The van der Waals surface area contributed by atoms with Crippen LogP contribution in [0.5, 0.6) is 0 Å². The van der Waals surface area contributed by atoms with Gasteiger partial charge in [0, 0.05) is 6.04 Å². The van der Waals surface area contributed by atoms with Gasteiger partial charge < -0.3 is 10.6 Å². The monoisotopic (exact) mass is 318 g/mol. The molecule has 1 aliphatic rings. The fraction of sp³-hybridized carbons (Fsp3) is 0.467. The molecule has 1 saturated carbocycles. The van der Waals surface area contributed by atoms with Gasteiger partial charge in [0.05, 0.1) is 12.2 Å². The van der Waals surface area contributed by atoms with Crippen LogP contribution in [-0.2, 0) is 6.54 Å². The summed E-state index contributed by atoms with van der Waals surface area (Å²) in [6.07, 6.45) is 5.62. The molecule has 7 nitrogen and oxygen atoms in total. The molecule has 0 radical (unpaired) electrons. The standard InChI is InChI=1S/C15H19FN6O/c16-11-6-8-13(9-7-11)22-14(19-20-21-22)10-17-15(23)18-12-4-2-1-3-5-12/h6-9,12H,1-5,10H2,(H2,17,18,23). The Bertz CT molecular complexity index is 650. The van der Waals surface area contributed by atoms with E-state index in [2.05, 4.69) is 26.2 Å². The number of hydrogen-bond donors (Lipinski definition) is 2. The van der Waals surface area contributed by atoms with Crippen LogP contribution in [0.4, 0.5) is 9.18 Å². The molecule has 0 bridgehead atoms. The van der Waals surface area contributed by atoms with Gasteiger partial charge in [-0.15, -0.1) is 5.10 Å². The van der Waals surface area contributed by atoms with E-state index in [-0.39, 0.29) is 24.4 Å². The largest absolute Gasteiger partial charge is 0.335 e. The lowest BCUT2D eigenvalue weighted by atomic mass is 9.96. The number of tetrazole rings is 1. The lowest BCUT2D eigenvalue weighted by Gasteiger charge is -2.22. The number of urea groups is 1. The van der Waals surface area contributed by atoms with E-state index in [0.717, 1.165) is 25.7 Å². The van der Waals surface area contributed by atoms with E-state index in [0.29, 0.717) is 11.5 Å². The van der Waals surface area contributed by atoms with Crippen molar-refractivity contribution in [3.63, 3.8) is 0 Å². The number of rotatable bonds is 4. The molecule has 1 aliphatic carbocycles. The molecule has 1 aromatic heterocycles. The summed E-state index contributed by atoms with van der Waals surface area (Å²) in [5, 5.41) is 17.1. The Morgan fingerprint density at radius 3 is 2.70 bits per heavy atom. The van der Waals surface area contributed by atoms with E-state index < -0.39 is 0 Å². The van der Waals surface area contributed by atoms with Crippen molar-refractivity contribution in [2.75, 3.05) is 0 Å². The Balaban J connectivity index is 1.57. The molecule has 2 amide bonds. The van der Waals surface area contributed by atoms with Crippen LogP contribution in [0, 0.1) is 5.82 Å². The summed E-state index contributed by atoms with van der Waals surface area (Å²) in [5.74, 6) is 0.156. The molecule has 1 aromatic carbocycles. The minimum atomic E-state index is -0.326. The van der Waals surface area contributed by atoms with Crippen molar-refractivity contribution in [3.8, 4) is 5.69 Å². The molecular weight excluding hydrogens is 299 g/mol. The number of amides is 2. The highest BCUT2D eigenvalue weighted by Crippen LogP contribution is 2.17. The normalized spacial score (nSPS) is 15.3. The number of carbonyl (C=O) groups is 1. The van der Waals surface area contributed by atoms with Gasteiger partial charge in [0.15, 0.2) is 5.82 Å². The van der Waals surface area contributed by atoms with Gasteiger partial charge in [0.25, 0.3) is 0 Å². The van der Waals surface area contributed by atoms with Gasteiger partial charge in [0.2, 0.25) is 0 Å². The molecule has 0 saturated heterocycles. The van der Waals surface area contributed by atoms with Crippen LogP contribution in [0.1, 0.15) is 37.9 Å². The van der Waals surface area contributed by atoms with E-state index in [9.17, 15) is 9.18 Å². The first-order valence-electron chi connectivity index (χ1n) is 7.80. The molecule has 23 heavy (non-hydrogen) atoms. The van der Waals surface area contributed by atoms with E-state index >= 15 is 0 Å². The van der Waals surface area contributed by atoms with Crippen LogP contribution < -0.4 is 10.6 Å². The molecular formula is C15H19FN6O. The number of carbonyl (C=O) groups excluding carboxylic acids is 1. The summed E-state index contributed by atoms with van der Waals surface area (Å²) >= 11 is 0. The molecule has 0 spiro atoms. The van der Waals surface area contributed by atoms with Gasteiger partial charge in [-0.3, -0.25) is 0 Å². The summed E-state index contributed by atoms with van der Waals surface area (Å²) in [5.41, 5.74) is 0.640. The summed E-state index contributed by atoms with van der Waals surface area (Å²) < 4.78 is 14.5. The van der Waals surface area contributed by atoms with Gasteiger partial charge in [-0.1, -0.05) is 19.3 Å². The third-order valence-electron chi connectivity index (χ3n) is 3.95. The molecule has 8 heteroatoms. The first kappa shape index (κ1) is 15.4. The third-order valence-corrected chi connectivity index (χ3v) is 3.95. The van der Waals surface area contributed by atoms with Crippen LogP contribution in [0.2, 0.25) is 0 Å². The van der Waals surface area contributed by atoms with Gasteiger partial charge in [-0.25, -0.2) is 9.18 Å². The second-order valence-electron chi connectivity index (χ2n) is 5.65. The summed E-state index contributed by atoms with van der Waals surface area (Å²) in [7, 11) is 0. The predicted octanol–water partition coefficient (Wildman–Crippen LogP) is 1.93. The molecule has 1 heterocycles. The molecule has 1 fully saturated rings. The summed E-state index contributed by atoms with van der Waals surface area (Å²) in [6.45, 7) is 0.197. The molecule has 3 rings (SSSR count). The molecule has 2 N–H and O–H groups in total. The Morgan fingerprint density at radius 2 is 1.96 bits per heavy atom. The van der Waals surface area contributed by atoms with Crippen molar-refractivity contribution in [2.24, 2.45) is 0 Å². The average molecular weight is 318 g/mol. The van der Waals surface area contributed by atoms with E-state index in [1.165, 1.54) is 23.2 Å². The minimum Gasteiger partial charge on any atom is -0.335 e. The number of halogens is 1. The lowest BCUT2D eigenvalue weighted by Crippen LogP contribution is -2.42. The third kappa shape index (κ3) is 4.02. The smallest absolute Gasteiger partial charge is 0.315 e. The van der Waals surface area contributed by atoms with Crippen molar-refractivity contribution in [2.45, 2.75) is 44.7 Å². The second kappa shape index (κ2) is 7.17. The Hall–Kier alpha value is -2.51. The lowest BCUT2D eigenvalue weighted by molar-refractivity contribution is 0.232. The number of nitrogens with one attached hydrogen (secondary N) is 2. The van der Waals surface area contributed by atoms with Crippen molar-refractivity contribution < 1.29 is 9.18 Å². The number of benzene rings is 1. The molecule has 2 aromatic rings. The van der Waals surface area contributed by atoms with Crippen LogP contribution >= 0.6 is 0 Å². The summed E-state index contributed by atoms with van der Waals surface area (Å²) in [6, 6.07) is 5.87. The second-order valence-corrected chi connectivity index (χ2v) is 5.65.